The number of hydrogen-bond acceptors (Lipinski definition) is 5. The van der Waals surface area contributed by atoms with Crippen LogP contribution >= 0.6 is 0 Å². The smallest absolute Gasteiger partial charge is 0.225 e. The van der Waals surface area contributed by atoms with E-state index in [9.17, 15) is 4.79 Å². The Morgan fingerprint density at radius 2 is 1.62 bits per heavy atom. The number of rotatable bonds is 9. The van der Waals surface area contributed by atoms with Gasteiger partial charge >= 0.3 is 0 Å². The fraction of sp³-hybridized carbons (Fsp3) is 0.400. The maximum Gasteiger partial charge on any atom is 0.225 e. The van der Waals surface area contributed by atoms with Gasteiger partial charge in [-0.2, -0.15) is 5.10 Å². The van der Waals surface area contributed by atoms with Gasteiger partial charge in [-0.25, -0.2) is 14.6 Å². The second kappa shape index (κ2) is 11.5. The van der Waals surface area contributed by atoms with Crippen molar-refractivity contribution in [2.75, 3.05) is 31.1 Å². The predicted molar refractivity (Wildman–Crippen MR) is 148 cm³/mol. The molecule has 1 fully saturated rings. The zero-order chi connectivity index (χ0) is 25.6. The molecule has 0 N–H and O–H groups in total. The standard InChI is InChI=1S/C30H36N6O/c1-3-5-14-24(4-2)30(37)35-19-17-34(18-20-35)28-26-22-31-36(25-15-10-7-11-16-25)29(26)33-27(32-28)21-23-12-8-6-9-13-23/h6-13,15-16,22,24H,3-5,14,17-21H2,1-2H3/t24-/m1/s1. The fourth-order valence-corrected chi connectivity index (χ4v) is 5.14. The zero-order valence-electron chi connectivity index (χ0n) is 21.9. The number of para-hydroxylation sites is 1. The number of carbonyl (C=O) groups is 1. The molecule has 0 spiro atoms. The van der Waals surface area contributed by atoms with Gasteiger partial charge in [-0.1, -0.05) is 75.2 Å². The summed E-state index contributed by atoms with van der Waals surface area (Å²) in [5, 5.41) is 5.64. The molecule has 0 saturated carbocycles. The number of piperazine rings is 1. The average Bonchev–Trinajstić information content (AvgIpc) is 3.38. The van der Waals surface area contributed by atoms with Crippen LogP contribution in [-0.4, -0.2) is 56.7 Å². The number of carbonyl (C=O) groups excluding carboxylic acids is 1. The maximum atomic E-state index is 13.2. The molecule has 2 aromatic carbocycles. The van der Waals surface area contributed by atoms with E-state index >= 15 is 0 Å². The summed E-state index contributed by atoms with van der Waals surface area (Å²) < 4.78 is 1.90. The van der Waals surface area contributed by atoms with E-state index in [0.717, 1.165) is 67.1 Å². The summed E-state index contributed by atoms with van der Waals surface area (Å²) in [5.41, 5.74) is 2.96. The molecule has 192 valence electrons. The molecule has 0 radical (unpaired) electrons. The molecule has 2 aromatic heterocycles. The van der Waals surface area contributed by atoms with E-state index in [-0.39, 0.29) is 5.92 Å². The first-order valence-electron chi connectivity index (χ1n) is 13.6. The van der Waals surface area contributed by atoms with Gasteiger partial charge in [0.2, 0.25) is 5.91 Å². The Balaban J connectivity index is 1.43. The molecule has 37 heavy (non-hydrogen) atoms. The van der Waals surface area contributed by atoms with Gasteiger partial charge in [-0.05, 0) is 30.5 Å². The third-order valence-corrected chi connectivity index (χ3v) is 7.30. The summed E-state index contributed by atoms with van der Waals surface area (Å²) in [6.07, 6.45) is 6.66. The Labute approximate surface area is 219 Å². The number of benzene rings is 2. The lowest BCUT2D eigenvalue weighted by Gasteiger charge is -2.37. The highest BCUT2D eigenvalue weighted by atomic mass is 16.2. The highest BCUT2D eigenvalue weighted by Crippen LogP contribution is 2.28. The lowest BCUT2D eigenvalue weighted by atomic mass is 9.97. The van der Waals surface area contributed by atoms with Gasteiger partial charge in [-0.15, -0.1) is 0 Å². The minimum Gasteiger partial charge on any atom is -0.352 e. The van der Waals surface area contributed by atoms with E-state index in [4.69, 9.17) is 15.1 Å². The largest absolute Gasteiger partial charge is 0.352 e. The van der Waals surface area contributed by atoms with Crippen molar-refractivity contribution in [2.45, 2.75) is 46.0 Å². The lowest BCUT2D eigenvalue weighted by Crippen LogP contribution is -2.50. The van der Waals surface area contributed by atoms with Crippen LogP contribution in [0.5, 0.6) is 0 Å². The number of anilines is 1. The normalized spacial score (nSPS) is 14.8. The monoisotopic (exact) mass is 496 g/mol. The summed E-state index contributed by atoms with van der Waals surface area (Å²) in [5.74, 6) is 2.13. The second-order valence-corrected chi connectivity index (χ2v) is 9.81. The van der Waals surface area contributed by atoms with Crippen molar-refractivity contribution < 1.29 is 4.79 Å². The van der Waals surface area contributed by atoms with Crippen LogP contribution in [0.2, 0.25) is 0 Å². The van der Waals surface area contributed by atoms with Gasteiger partial charge in [0.25, 0.3) is 0 Å². The molecule has 7 nitrogen and oxygen atoms in total. The van der Waals surface area contributed by atoms with Crippen molar-refractivity contribution in [3.63, 3.8) is 0 Å². The van der Waals surface area contributed by atoms with Crippen LogP contribution in [0.4, 0.5) is 5.82 Å². The number of aromatic nitrogens is 4. The fourth-order valence-electron chi connectivity index (χ4n) is 5.14. The molecule has 3 heterocycles. The molecular formula is C30H36N6O. The van der Waals surface area contributed by atoms with Crippen molar-refractivity contribution >= 4 is 22.8 Å². The molecule has 1 saturated heterocycles. The van der Waals surface area contributed by atoms with Crippen LogP contribution in [0.25, 0.3) is 16.7 Å². The van der Waals surface area contributed by atoms with E-state index in [1.807, 2.05) is 59.4 Å². The summed E-state index contributed by atoms with van der Waals surface area (Å²) in [6, 6.07) is 20.4. The quantitative estimate of drug-likeness (QED) is 0.316. The van der Waals surface area contributed by atoms with Gasteiger partial charge in [0.15, 0.2) is 5.65 Å². The lowest BCUT2D eigenvalue weighted by molar-refractivity contribution is -0.136. The maximum absolute atomic E-state index is 13.2. The minimum absolute atomic E-state index is 0.138. The molecule has 1 aliphatic heterocycles. The average molecular weight is 497 g/mol. The molecule has 0 aliphatic carbocycles. The third-order valence-electron chi connectivity index (χ3n) is 7.30. The number of unbranched alkanes of at least 4 members (excludes halogenated alkanes) is 1. The van der Waals surface area contributed by atoms with Crippen molar-refractivity contribution in [2.24, 2.45) is 5.92 Å². The first-order valence-corrected chi connectivity index (χ1v) is 13.6. The first-order chi connectivity index (χ1) is 18.2. The molecule has 1 atom stereocenters. The Kier molecular flexibility index (Phi) is 7.78. The number of fused-ring (bicyclic) bond motifs is 1. The SMILES string of the molecule is CCCC[C@@H](CC)C(=O)N1CCN(c2nc(Cc3ccccc3)nc3c2cnn3-c2ccccc2)CC1. The summed E-state index contributed by atoms with van der Waals surface area (Å²) in [4.78, 5) is 27.5. The Morgan fingerprint density at radius 1 is 0.919 bits per heavy atom. The predicted octanol–water partition coefficient (Wildman–Crippen LogP) is 5.27. The van der Waals surface area contributed by atoms with Crippen LogP contribution in [0.3, 0.4) is 0 Å². The molecular weight excluding hydrogens is 460 g/mol. The number of nitrogens with zero attached hydrogens (tertiary/aromatic N) is 6. The van der Waals surface area contributed by atoms with Gasteiger partial charge in [0.1, 0.15) is 11.6 Å². The van der Waals surface area contributed by atoms with Gasteiger partial charge in [-0.3, -0.25) is 4.79 Å². The minimum atomic E-state index is 0.138. The Hall–Kier alpha value is -3.74. The first kappa shape index (κ1) is 24.9. The molecule has 4 aromatic rings. The van der Waals surface area contributed by atoms with E-state index in [1.165, 1.54) is 5.56 Å². The van der Waals surface area contributed by atoms with Crippen LogP contribution < -0.4 is 4.90 Å². The van der Waals surface area contributed by atoms with Crippen molar-refractivity contribution in [3.05, 3.63) is 78.2 Å². The molecule has 1 aliphatic rings. The van der Waals surface area contributed by atoms with E-state index in [0.29, 0.717) is 25.4 Å². The highest BCUT2D eigenvalue weighted by Gasteiger charge is 2.28. The van der Waals surface area contributed by atoms with Gasteiger partial charge in [0.05, 0.1) is 17.3 Å². The Bertz CT molecular complexity index is 1310. The van der Waals surface area contributed by atoms with Crippen molar-refractivity contribution in [1.82, 2.24) is 24.6 Å². The topological polar surface area (TPSA) is 67.2 Å². The third kappa shape index (κ3) is 5.50. The van der Waals surface area contributed by atoms with Gasteiger partial charge in [0, 0.05) is 38.5 Å². The van der Waals surface area contributed by atoms with Crippen molar-refractivity contribution in [1.29, 1.82) is 0 Å². The molecule has 1 amide bonds. The van der Waals surface area contributed by atoms with Crippen LogP contribution in [0, 0.1) is 5.92 Å². The summed E-state index contributed by atoms with van der Waals surface area (Å²) in [7, 11) is 0. The zero-order valence-corrected chi connectivity index (χ0v) is 21.9. The molecule has 0 unspecified atom stereocenters. The van der Waals surface area contributed by atoms with Crippen LogP contribution in [-0.2, 0) is 11.2 Å². The van der Waals surface area contributed by atoms with E-state index in [1.54, 1.807) is 0 Å². The molecule has 7 heteroatoms. The van der Waals surface area contributed by atoms with Crippen LogP contribution in [0.1, 0.15) is 50.9 Å². The summed E-state index contributed by atoms with van der Waals surface area (Å²) >= 11 is 0. The number of amides is 1. The highest BCUT2D eigenvalue weighted by molar-refractivity contribution is 5.88. The molecule has 5 rings (SSSR count). The van der Waals surface area contributed by atoms with Gasteiger partial charge < -0.3 is 9.80 Å². The van der Waals surface area contributed by atoms with Crippen molar-refractivity contribution in [3.8, 4) is 5.69 Å². The molecule has 0 bridgehead atoms. The summed E-state index contributed by atoms with van der Waals surface area (Å²) in [6.45, 7) is 7.25. The van der Waals surface area contributed by atoms with E-state index in [2.05, 4.69) is 35.8 Å². The number of hydrogen-bond donors (Lipinski definition) is 0. The van der Waals surface area contributed by atoms with Crippen LogP contribution in [0.15, 0.2) is 66.9 Å². The second-order valence-electron chi connectivity index (χ2n) is 9.81. The Morgan fingerprint density at radius 3 is 2.30 bits per heavy atom. The van der Waals surface area contributed by atoms with E-state index < -0.39 is 0 Å².